The van der Waals surface area contributed by atoms with Gasteiger partial charge in [-0.2, -0.15) is 4.48 Å². The van der Waals surface area contributed by atoms with E-state index in [4.69, 9.17) is 11.6 Å². The highest BCUT2D eigenvalue weighted by atomic mass is 35.5. The van der Waals surface area contributed by atoms with E-state index in [0.29, 0.717) is 18.1 Å². The summed E-state index contributed by atoms with van der Waals surface area (Å²) < 4.78 is -0.157. The van der Waals surface area contributed by atoms with Crippen LogP contribution in [-0.4, -0.2) is 35.3 Å². The predicted molar refractivity (Wildman–Crippen MR) is 113 cm³/mol. The van der Waals surface area contributed by atoms with Crippen molar-refractivity contribution in [2.45, 2.75) is 45.2 Å². The summed E-state index contributed by atoms with van der Waals surface area (Å²) in [6.07, 6.45) is 2.60. The molecule has 3 amide bonds. The van der Waals surface area contributed by atoms with E-state index in [0.717, 1.165) is 30.5 Å². The Labute approximate surface area is 176 Å². The molecule has 2 atom stereocenters. The van der Waals surface area contributed by atoms with Crippen LogP contribution in [0.3, 0.4) is 0 Å². The Morgan fingerprint density at radius 1 is 1.10 bits per heavy atom. The zero-order chi connectivity index (χ0) is 20.9. The lowest BCUT2D eigenvalue weighted by molar-refractivity contribution is -0.780. The molecule has 5 nitrogen and oxygen atoms in total. The van der Waals surface area contributed by atoms with Gasteiger partial charge >= 0.3 is 12.3 Å². The summed E-state index contributed by atoms with van der Waals surface area (Å²) in [6.45, 7) is 2.85. The molecule has 0 saturated carbocycles. The summed E-state index contributed by atoms with van der Waals surface area (Å²) in [4.78, 5) is 39.3. The van der Waals surface area contributed by atoms with Gasteiger partial charge in [-0.25, -0.2) is 9.59 Å². The molecule has 2 aromatic carbocycles. The molecule has 2 aromatic rings. The summed E-state index contributed by atoms with van der Waals surface area (Å²) in [5, 5.41) is 0.638. The van der Waals surface area contributed by atoms with E-state index < -0.39 is 0 Å². The Morgan fingerprint density at radius 2 is 1.79 bits per heavy atom. The third-order valence-corrected chi connectivity index (χ3v) is 6.02. The highest BCUT2D eigenvalue weighted by Gasteiger charge is 2.45. The van der Waals surface area contributed by atoms with Gasteiger partial charge < -0.3 is 4.90 Å². The molecule has 1 fully saturated rings. The molecule has 1 saturated heterocycles. The largest absolute Gasteiger partial charge is 0.321 e. The van der Waals surface area contributed by atoms with Gasteiger partial charge in [0.25, 0.3) is 0 Å². The molecular weight excluding hydrogens is 388 g/mol. The molecule has 0 bridgehead atoms. The summed E-state index contributed by atoms with van der Waals surface area (Å²) in [6, 6.07) is 16.7. The quantitative estimate of drug-likeness (QED) is 0.501. The molecule has 1 heterocycles. The molecule has 1 unspecified atom stereocenters. The number of halogens is 1. The number of carbonyl (C=O) groups excluding carboxylic acids is 3. The van der Waals surface area contributed by atoms with Crippen molar-refractivity contribution in [2.24, 2.45) is 0 Å². The summed E-state index contributed by atoms with van der Waals surface area (Å²) >= 11 is 5.96. The van der Waals surface area contributed by atoms with Gasteiger partial charge in [-0.1, -0.05) is 41.9 Å². The van der Waals surface area contributed by atoms with Crippen molar-refractivity contribution in [1.82, 2.24) is 0 Å². The fraction of sp³-hybridized carbons (Fsp3) is 0.348. The highest BCUT2D eigenvalue weighted by molar-refractivity contribution is 6.30. The minimum Gasteiger partial charge on any atom is -0.308 e. The van der Waals surface area contributed by atoms with Crippen molar-refractivity contribution >= 4 is 35.5 Å². The highest BCUT2D eigenvalue weighted by Crippen LogP contribution is 2.27. The maximum absolute atomic E-state index is 13.1. The summed E-state index contributed by atoms with van der Waals surface area (Å²) in [7, 11) is 0. The number of anilines is 1. The van der Waals surface area contributed by atoms with Gasteiger partial charge in [0, 0.05) is 30.0 Å². The second-order valence-electron chi connectivity index (χ2n) is 7.59. The average Bonchev–Trinajstić information content (AvgIpc) is 3.13. The lowest BCUT2D eigenvalue weighted by atomic mass is 10.1. The first-order valence-corrected chi connectivity index (χ1v) is 10.3. The third kappa shape index (κ3) is 4.74. The number of hydrogen-bond donors (Lipinski definition) is 0. The average molecular weight is 414 g/mol. The van der Waals surface area contributed by atoms with E-state index in [1.165, 1.54) is 0 Å². The van der Waals surface area contributed by atoms with Crippen molar-refractivity contribution in [3.05, 3.63) is 65.2 Å². The molecule has 0 radical (unpaired) electrons. The number of benzene rings is 2. The van der Waals surface area contributed by atoms with Crippen LogP contribution < -0.4 is 4.90 Å². The number of rotatable bonds is 7. The number of quaternary nitrogens is 1. The molecule has 3 rings (SSSR count). The third-order valence-electron chi connectivity index (χ3n) is 5.76. The van der Waals surface area contributed by atoms with Crippen LogP contribution in [0, 0.1) is 0 Å². The van der Waals surface area contributed by atoms with Crippen molar-refractivity contribution in [3.8, 4) is 0 Å². The van der Waals surface area contributed by atoms with E-state index in [2.05, 4.69) is 0 Å². The molecule has 0 spiro atoms. The van der Waals surface area contributed by atoms with Gasteiger partial charge in [0.05, 0.1) is 19.5 Å². The topological polar surface area (TPSA) is 54.5 Å². The van der Waals surface area contributed by atoms with Gasteiger partial charge in [0.15, 0.2) is 0 Å². The number of carbonyl (C=O) groups is 3. The first kappa shape index (κ1) is 21.2. The number of para-hydroxylation sites is 1. The molecule has 1 aliphatic rings. The Hall–Kier alpha value is -2.50. The smallest absolute Gasteiger partial charge is 0.308 e. The Kier molecular flexibility index (Phi) is 6.83. The van der Waals surface area contributed by atoms with Gasteiger partial charge in [-0.3, -0.25) is 4.79 Å². The SMILES string of the molecule is C[C@@H]1CCC[N+]1(C=O)C(=O)CCC(=O)N(Cc1ccc(Cl)cc1)c1ccccc1. The fourth-order valence-corrected chi connectivity index (χ4v) is 4.07. The normalized spacial score (nSPS) is 21.0. The lowest BCUT2D eigenvalue weighted by Crippen LogP contribution is -2.54. The number of nitrogens with zero attached hydrogens (tertiary/aromatic N) is 2. The molecule has 0 aliphatic carbocycles. The van der Waals surface area contributed by atoms with E-state index >= 15 is 0 Å². The van der Waals surface area contributed by atoms with Crippen LogP contribution in [-0.2, 0) is 20.9 Å². The Balaban J connectivity index is 1.73. The monoisotopic (exact) mass is 413 g/mol. The fourth-order valence-electron chi connectivity index (χ4n) is 3.95. The number of amides is 3. The predicted octanol–water partition coefficient (Wildman–Crippen LogP) is 4.34. The van der Waals surface area contributed by atoms with E-state index in [9.17, 15) is 14.4 Å². The van der Waals surface area contributed by atoms with Crippen LogP contribution >= 0.6 is 11.6 Å². The van der Waals surface area contributed by atoms with Crippen LogP contribution in [0.1, 0.15) is 38.2 Å². The van der Waals surface area contributed by atoms with Crippen molar-refractivity contribution in [2.75, 3.05) is 11.4 Å². The maximum Gasteiger partial charge on any atom is 0.321 e. The van der Waals surface area contributed by atoms with Crippen LogP contribution in [0.2, 0.25) is 5.02 Å². The molecule has 6 heteroatoms. The van der Waals surface area contributed by atoms with Crippen LogP contribution in [0.15, 0.2) is 54.6 Å². The van der Waals surface area contributed by atoms with Gasteiger partial charge in [0.2, 0.25) is 5.91 Å². The van der Waals surface area contributed by atoms with E-state index in [1.807, 2.05) is 49.4 Å². The molecule has 152 valence electrons. The minimum atomic E-state index is -0.169. The first-order valence-electron chi connectivity index (χ1n) is 9.93. The first-order chi connectivity index (χ1) is 14.0. The molecule has 0 N–H and O–H groups in total. The molecule has 0 aromatic heterocycles. The zero-order valence-corrected chi connectivity index (χ0v) is 17.3. The van der Waals surface area contributed by atoms with Crippen molar-refractivity contribution in [1.29, 1.82) is 0 Å². The van der Waals surface area contributed by atoms with E-state index in [-0.39, 0.29) is 35.2 Å². The summed E-state index contributed by atoms with van der Waals surface area (Å²) in [5.74, 6) is -0.312. The lowest BCUT2D eigenvalue weighted by Gasteiger charge is -2.29. The van der Waals surface area contributed by atoms with Gasteiger partial charge in [-0.15, -0.1) is 0 Å². The Bertz CT molecular complexity index is 869. The van der Waals surface area contributed by atoms with E-state index in [1.54, 1.807) is 17.0 Å². The maximum atomic E-state index is 13.1. The molecule has 29 heavy (non-hydrogen) atoms. The van der Waals surface area contributed by atoms with Crippen molar-refractivity contribution < 1.29 is 18.9 Å². The molecule has 1 aliphatic heterocycles. The standard InChI is InChI=1S/C23H26ClN2O3/c1-18-6-5-15-26(18,17-27)23(29)14-13-22(28)25(21-7-3-2-4-8-21)16-19-9-11-20(24)12-10-19/h2-4,7-12,17-18H,5-6,13-16H2,1H3/q+1/t18-,26?/m1/s1. The zero-order valence-electron chi connectivity index (χ0n) is 16.6. The Morgan fingerprint density at radius 3 is 2.38 bits per heavy atom. The minimum absolute atomic E-state index is 0.0191. The summed E-state index contributed by atoms with van der Waals surface area (Å²) in [5.41, 5.74) is 1.72. The second-order valence-corrected chi connectivity index (χ2v) is 8.02. The van der Waals surface area contributed by atoms with Gasteiger partial charge in [0.1, 0.15) is 6.04 Å². The number of imide groups is 1. The van der Waals surface area contributed by atoms with Crippen LogP contribution in [0.5, 0.6) is 0 Å². The van der Waals surface area contributed by atoms with Gasteiger partial charge in [-0.05, 0) is 36.8 Å². The second kappa shape index (κ2) is 9.33. The van der Waals surface area contributed by atoms with Crippen molar-refractivity contribution in [3.63, 3.8) is 0 Å². The van der Waals surface area contributed by atoms with Crippen LogP contribution in [0.4, 0.5) is 5.69 Å². The van der Waals surface area contributed by atoms with Crippen LogP contribution in [0.25, 0.3) is 0 Å². The number of likely N-dealkylation sites (tertiary alicyclic amines) is 1. The molecular formula is C23H26ClN2O3+. The number of hydrogen-bond acceptors (Lipinski definition) is 3.